The Labute approximate surface area is 161 Å². The fraction of sp³-hybridized carbons (Fsp3) is 0.600. The minimum Gasteiger partial charge on any atom is -0.339 e. The summed E-state index contributed by atoms with van der Waals surface area (Å²) in [6, 6.07) is 7.74. The lowest BCUT2D eigenvalue weighted by Gasteiger charge is -2.24. The number of hydrogen-bond donors (Lipinski definition) is 2. The number of halogens is 1. The van der Waals surface area contributed by atoms with Crippen LogP contribution >= 0.6 is 12.4 Å². The van der Waals surface area contributed by atoms with Gasteiger partial charge in [-0.05, 0) is 62.3 Å². The molecule has 3 aliphatic rings. The molecule has 5 nitrogen and oxygen atoms in total. The van der Waals surface area contributed by atoms with Gasteiger partial charge in [0.25, 0.3) is 5.91 Å². The highest BCUT2D eigenvalue weighted by Gasteiger charge is 2.38. The smallest absolute Gasteiger partial charge is 0.253 e. The summed E-state index contributed by atoms with van der Waals surface area (Å²) in [5.41, 5.74) is 1.46. The third-order valence-electron chi connectivity index (χ3n) is 5.97. The molecule has 0 radical (unpaired) electrons. The minimum absolute atomic E-state index is 0. The number of nitrogens with zero attached hydrogens (tertiary/aromatic N) is 1. The zero-order chi connectivity index (χ0) is 17.2. The number of benzene rings is 1. The molecule has 2 saturated heterocycles. The molecule has 1 saturated carbocycles. The van der Waals surface area contributed by atoms with Crippen LogP contribution < -0.4 is 10.6 Å². The number of likely N-dealkylation sites (tertiary alicyclic amines) is 1. The number of carbonyl (C=O) groups excluding carboxylic acids is 2. The maximum Gasteiger partial charge on any atom is 0.253 e. The molecular weight excluding hydrogens is 350 g/mol. The standard InChI is InChI=1S/C20H27N3O2.ClH/c24-19(18-13-15-5-1-2-6-17(15)22-18)21-16-9-7-14(8-10-16)20(25)23-11-3-4-12-23;/h7-10,15,17-18,22H,1-6,11-13H2,(H,21,24);1H. The van der Waals surface area contributed by atoms with Gasteiger partial charge >= 0.3 is 0 Å². The Kier molecular flexibility index (Phi) is 6.20. The molecule has 1 aliphatic carbocycles. The van der Waals surface area contributed by atoms with E-state index in [0.717, 1.165) is 38.0 Å². The highest BCUT2D eigenvalue weighted by atomic mass is 35.5. The largest absolute Gasteiger partial charge is 0.339 e. The first-order chi connectivity index (χ1) is 12.2. The number of carbonyl (C=O) groups is 2. The van der Waals surface area contributed by atoms with Crippen molar-refractivity contribution in [2.75, 3.05) is 18.4 Å². The lowest BCUT2D eigenvalue weighted by Crippen LogP contribution is -2.39. The van der Waals surface area contributed by atoms with Crippen LogP contribution in [0, 0.1) is 5.92 Å². The Bertz CT molecular complexity index is 629. The van der Waals surface area contributed by atoms with Crippen molar-refractivity contribution < 1.29 is 9.59 Å². The second-order valence-corrected chi connectivity index (χ2v) is 7.67. The van der Waals surface area contributed by atoms with Crippen molar-refractivity contribution in [2.45, 2.75) is 57.0 Å². The minimum atomic E-state index is -0.0843. The second-order valence-electron chi connectivity index (χ2n) is 7.67. The van der Waals surface area contributed by atoms with Crippen molar-refractivity contribution in [3.8, 4) is 0 Å². The van der Waals surface area contributed by atoms with Gasteiger partial charge in [0.2, 0.25) is 5.91 Å². The van der Waals surface area contributed by atoms with Gasteiger partial charge in [-0.15, -0.1) is 12.4 Å². The van der Waals surface area contributed by atoms with Gasteiger partial charge in [-0.25, -0.2) is 0 Å². The number of hydrogen-bond acceptors (Lipinski definition) is 3. The molecule has 0 spiro atoms. The van der Waals surface area contributed by atoms with Crippen molar-refractivity contribution in [2.24, 2.45) is 5.92 Å². The Hall–Kier alpha value is -1.59. The predicted octanol–water partition coefficient (Wildman–Crippen LogP) is 3.20. The molecule has 1 aromatic rings. The van der Waals surface area contributed by atoms with E-state index in [1.165, 1.54) is 25.7 Å². The summed E-state index contributed by atoms with van der Waals surface area (Å²) >= 11 is 0. The van der Waals surface area contributed by atoms with E-state index in [2.05, 4.69) is 10.6 Å². The molecule has 3 atom stereocenters. The van der Waals surface area contributed by atoms with E-state index >= 15 is 0 Å². The second kappa shape index (κ2) is 8.40. The highest BCUT2D eigenvalue weighted by molar-refractivity contribution is 5.97. The molecule has 2 N–H and O–H groups in total. The summed E-state index contributed by atoms with van der Waals surface area (Å²) in [7, 11) is 0. The number of fused-ring (bicyclic) bond motifs is 1. The van der Waals surface area contributed by atoms with Crippen molar-refractivity contribution in [1.82, 2.24) is 10.2 Å². The molecule has 1 aromatic carbocycles. The lowest BCUT2D eigenvalue weighted by atomic mass is 9.85. The van der Waals surface area contributed by atoms with Crippen LogP contribution in [0.5, 0.6) is 0 Å². The van der Waals surface area contributed by atoms with Crippen molar-refractivity contribution in [3.63, 3.8) is 0 Å². The first-order valence-corrected chi connectivity index (χ1v) is 9.67. The van der Waals surface area contributed by atoms with Crippen LogP contribution in [0.3, 0.4) is 0 Å². The molecule has 3 fully saturated rings. The Morgan fingerprint density at radius 2 is 1.69 bits per heavy atom. The number of rotatable bonds is 3. The molecular formula is C20H28ClN3O2. The van der Waals surface area contributed by atoms with E-state index in [1.54, 1.807) is 0 Å². The lowest BCUT2D eigenvalue weighted by molar-refractivity contribution is -0.117. The van der Waals surface area contributed by atoms with E-state index in [-0.39, 0.29) is 30.3 Å². The van der Waals surface area contributed by atoms with Crippen LogP contribution in [-0.2, 0) is 4.79 Å². The van der Waals surface area contributed by atoms with Gasteiger partial charge in [-0.3, -0.25) is 9.59 Å². The highest BCUT2D eigenvalue weighted by Crippen LogP contribution is 2.33. The summed E-state index contributed by atoms with van der Waals surface area (Å²) in [4.78, 5) is 26.8. The quantitative estimate of drug-likeness (QED) is 0.850. The SMILES string of the molecule is Cl.O=C(Nc1ccc(C(=O)N2CCCC2)cc1)C1CC2CCCCC2N1. The summed E-state index contributed by atoms with van der Waals surface area (Å²) in [6.45, 7) is 1.71. The van der Waals surface area contributed by atoms with Crippen LogP contribution in [0.15, 0.2) is 24.3 Å². The number of amides is 2. The van der Waals surface area contributed by atoms with Gasteiger partial charge in [0.15, 0.2) is 0 Å². The predicted molar refractivity (Wildman–Crippen MR) is 105 cm³/mol. The van der Waals surface area contributed by atoms with Gasteiger partial charge in [0.05, 0.1) is 6.04 Å². The zero-order valence-electron chi connectivity index (χ0n) is 15.1. The Morgan fingerprint density at radius 3 is 2.38 bits per heavy atom. The summed E-state index contributed by atoms with van der Waals surface area (Å²) in [5, 5.41) is 6.51. The van der Waals surface area contributed by atoms with Crippen LogP contribution in [0.4, 0.5) is 5.69 Å². The topological polar surface area (TPSA) is 61.4 Å². The number of nitrogens with one attached hydrogen (secondary N) is 2. The number of anilines is 1. The van der Waals surface area contributed by atoms with Crippen molar-refractivity contribution >= 4 is 29.9 Å². The summed E-state index contributed by atoms with van der Waals surface area (Å²) in [5.74, 6) is 0.801. The van der Waals surface area contributed by atoms with E-state index < -0.39 is 0 Å². The average molecular weight is 378 g/mol. The molecule has 4 rings (SSSR count). The third-order valence-corrected chi connectivity index (χ3v) is 5.97. The molecule has 26 heavy (non-hydrogen) atoms. The Morgan fingerprint density at radius 1 is 1.00 bits per heavy atom. The van der Waals surface area contributed by atoms with Gasteiger partial charge in [-0.2, -0.15) is 0 Å². The first-order valence-electron chi connectivity index (χ1n) is 9.67. The molecule has 0 aromatic heterocycles. The van der Waals surface area contributed by atoms with E-state index in [1.807, 2.05) is 29.2 Å². The molecule has 2 aliphatic heterocycles. The van der Waals surface area contributed by atoms with Crippen LogP contribution in [0.25, 0.3) is 0 Å². The first kappa shape index (κ1) is 19.2. The van der Waals surface area contributed by atoms with E-state index in [0.29, 0.717) is 17.5 Å². The van der Waals surface area contributed by atoms with E-state index in [4.69, 9.17) is 0 Å². The third kappa shape index (κ3) is 4.04. The van der Waals surface area contributed by atoms with Crippen LogP contribution in [0.1, 0.15) is 55.3 Å². The fourth-order valence-corrected chi connectivity index (χ4v) is 4.55. The van der Waals surface area contributed by atoms with Crippen molar-refractivity contribution in [1.29, 1.82) is 0 Å². The van der Waals surface area contributed by atoms with Gasteiger partial charge in [0.1, 0.15) is 0 Å². The average Bonchev–Trinajstić information content (AvgIpc) is 3.31. The molecule has 2 amide bonds. The molecule has 6 heteroatoms. The van der Waals surface area contributed by atoms with E-state index in [9.17, 15) is 9.59 Å². The van der Waals surface area contributed by atoms with Gasteiger partial charge in [0, 0.05) is 30.4 Å². The van der Waals surface area contributed by atoms with Gasteiger partial charge < -0.3 is 15.5 Å². The summed E-state index contributed by atoms with van der Waals surface area (Å²) < 4.78 is 0. The van der Waals surface area contributed by atoms with Crippen LogP contribution in [-0.4, -0.2) is 41.9 Å². The molecule has 0 bridgehead atoms. The maximum absolute atomic E-state index is 12.5. The molecule has 3 unspecified atom stereocenters. The Balaban J connectivity index is 0.00000196. The maximum atomic E-state index is 12.5. The fourth-order valence-electron chi connectivity index (χ4n) is 4.55. The van der Waals surface area contributed by atoms with Crippen molar-refractivity contribution in [3.05, 3.63) is 29.8 Å². The molecule has 142 valence electrons. The van der Waals surface area contributed by atoms with Gasteiger partial charge in [-0.1, -0.05) is 12.8 Å². The zero-order valence-corrected chi connectivity index (χ0v) is 15.9. The van der Waals surface area contributed by atoms with Crippen LogP contribution in [0.2, 0.25) is 0 Å². The molecule has 2 heterocycles. The monoisotopic (exact) mass is 377 g/mol. The summed E-state index contributed by atoms with van der Waals surface area (Å²) in [6.07, 6.45) is 8.14. The normalized spacial score (nSPS) is 27.5.